The first-order valence-corrected chi connectivity index (χ1v) is 7.86. The number of hydrogen-bond acceptors (Lipinski definition) is 4. The molecule has 0 spiro atoms. The molecule has 1 fully saturated rings. The first-order valence-electron chi connectivity index (χ1n) is 7.86. The van der Waals surface area contributed by atoms with Crippen molar-refractivity contribution >= 4 is 5.91 Å². The van der Waals surface area contributed by atoms with E-state index >= 15 is 0 Å². The van der Waals surface area contributed by atoms with Crippen LogP contribution in [0.5, 0.6) is 11.5 Å². The molecule has 1 aromatic carbocycles. The molecule has 23 heavy (non-hydrogen) atoms. The Kier molecular flexibility index (Phi) is 3.44. The summed E-state index contributed by atoms with van der Waals surface area (Å²) in [7, 11) is 1.87. The van der Waals surface area contributed by atoms with Crippen molar-refractivity contribution in [1.82, 2.24) is 15.1 Å². The van der Waals surface area contributed by atoms with Crippen LogP contribution < -0.4 is 14.8 Å². The number of carbonyl (C=O) groups is 1. The number of aromatic nitrogens is 2. The molecule has 2 unspecified atom stereocenters. The number of benzene rings is 1. The summed E-state index contributed by atoms with van der Waals surface area (Å²) in [5.74, 6) is 2.00. The zero-order valence-corrected chi connectivity index (χ0v) is 13.0. The van der Waals surface area contributed by atoms with Crippen molar-refractivity contribution in [3.05, 3.63) is 41.7 Å². The average molecular weight is 313 g/mol. The molecule has 2 atom stereocenters. The lowest BCUT2D eigenvalue weighted by molar-refractivity contribution is -0.122. The van der Waals surface area contributed by atoms with Gasteiger partial charge in [0.1, 0.15) is 13.2 Å². The summed E-state index contributed by atoms with van der Waals surface area (Å²) in [6.07, 6.45) is 2.62. The van der Waals surface area contributed by atoms with Crippen molar-refractivity contribution in [3.63, 3.8) is 0 Å². The Balaban J connectivity index is 1.38. The molecule has 120 valence electrons. The van der Waals surface area contributed by atoms with Crippen LogP contribution in [0.2, 0.25) is 0 Å². The third-order valence-electron chi connectivity index (χ3n) is 4.49. The topological polar surface area (TPSA) is 65.4 Å². The Hall–Kier alpha value is -2.50. The maximum absolute atomic E-state index is 12.3. The Bertz CT molecular complexity index is 740. The van der Waals surface area contributed by atoms with Gasteiger partial charge in [-0.1, -0.05) is 6.07 Å². The molecule has 0 radical (unpaired) electrons. The van der Waals surface area contributed by atoms with Crippen LogP contribution in [0.3, 0.4) is 0 Å². The summed E-state index contributed by atoms with van der Waals surface area (Å²) >= 11 is 0. The smallest absolute Gasteiger partial charge is 0.224 e. The molecule has 1 aliphatic carbocycles. The predicted octanol–water partition coefficient (Wildman–Crippen LogP) is 1.61. The van der Waals surface area contributed by atoms with Crippen molar-refractivity contribution in [3.8, 4) is 11.5 Å². The highest BCUT2D eigenvalue weighted by Gasteiger charge is 2.44. The van der Waals surface area contributed by atoms with Gasteiger partial charge < -0.3 is 14.8 Å². The van der Waals surface area contributed by atoms with Crippen LogP contribution >= 0.6 is 0 Å². The standard InChI is InChI=1S/C17H19N3O3/c1-20-12(4-5-19-20)10-18-17(21)14-9-13(14)11-2-3-15-16(8-11)23-7-6-22-15/h2-5,8,13-14H,6-7,9-10H2,1H3,(H,18,21). The SMILES string of the molecule is Cn1nccc1CNC(=O)C1CC1c1ccc2c(c1)OCCO2. The monoisotopic (exact) mass is 313 g/mol. The minimum Gasteiger partial charge on any atom is -0.486 e. The van der Waals surface area contributed by atoms with Crippen LogP contribution in [0.1, 0.15) is 23.6 Å². The number of carbonyl (C=O) groups excluding carboxylic acids is 1. The fourth-order valence-corrected chi connectivity index (χ4v) is 3.03. The second-order valence-electron chi connectivity index (χ2n) is 6.02. The number of hydrogen-bond donors (Lipinski definition) is 1. The van der Waals surface area contributed by atoms with Crippen LogP contribution in [0.25, 0.3) is 0 Å². The van der Waals surface area contributed by atoms with Gasteiger partial charge in [-0.25, -0.2) is 0 Å². The molecule has 6 heteroatoms. The van der Waals surface area contributed by atoms with Crippen molar-refractivity contribution in [2.75, 3.05) is 13.2 Å². The zero-order valence-electron chi connectivity index (χ0n) is 13.0. The van der Waals surface area contributed by atoms with Gasteiger partial charge in [0.15, 0.2) is 11.5 Å². The molecular weight excluding hydrogens is 294 g/mol. The first kappa shape index (κ1) is 14.1. The van der Waals surface area contributed by atoms with Crippen molar-refractivity contribution in [2.24, 2.45) is 13.0 Å². The quantitative estimate of drug-likeness (QED) is 0.931. The van der Waals surface area contributed by atoms with Gasteiger partial charge in [-0.05, 0) is 36.1 Å². The predicted molar refractivity (Wildman–Crippen MR) is 83.3 cm³/mol. The molecule has 1 aromatic heterocycles. The van der Waals surface area contributed by atoms with Gasteiger partial charge in [-0.2, -0.15) is 5.10 Å². The van der Waals surface area contributed by atoms with E-state index in [9.17, 15) is 4.79 Å². The summed E-state index contributed by atoms with van der Waals surface area (Å²) < 4.78 is 12.9. The van der Waals surface area contributed by atoms with Gasteiger partial charge in [-0.15, -0.1) is 0 Å². The fourth-order valence-electron chi connectivity index (χ4n) is 3.03. The molecule has 2 heterocycles. The first-order chi connectivity index (χ1) is 11.2. The summed E-state index contributed by atoms with van der Waals surface area (Å²) in [5.41, 5.74) is 2.14. The molecule has 4 rings (SSSR count). The number of rotatable bonds is 4. The lowest BCUT2D eigenvalue weighted by Gasteiger charge is -2.18. The summed E-state index contributed by atoms with van der Waals surface area (Å²) in [6.45, 7) is 1.68. The van der Waals surface area contributed by atoms with Crippen molar-refractivity contribution in [1.29, 1.82) is 0 Å². The van der Waals surface area contributed by atoms with E-state index < -0.39 is 0 Å². The second-order valence-corrected chi connectivity index (χ2v) is 6.02. The maximum Gasteiger partial charge on any atom is 0.224 e. The molecule has 1 saturated carbocycles. The lowest BCUT2D eigenvalue weighted by atomic mass is 10.1. The van der Waals surface area contributed by atoms with E-state index in [1.165, 1.54) is 0 Å². The highest BCUT2D eigenvalue weighted by molar-refractivity contribution is 5.82. The Labute approximate surface area is 134 Å². The Morgan fingerprint density at radius 3 is 2.91 bits per heavy atom. The molecular formula is C17H19N3O3. The highest BCUT2D eigenvalue weighted by atomic mass is 16.6. The number of ether oxygens (including phenoxy) is 2. The van der Waals surface area contributed by atoms with Crippen LogP contribution in [-0.2, 0) is 18.4 Å². The van der Waals surface area contributed by atoms with Gasteiger partial charge >= 0.3 is 0 Å². The molecule has 1 amide bonds. The van der Waals surface area contributed by atoms with E-state index in [-0.39, 0.29) is 17.7 Å². The van der Waals surface area contributed by atoms with Crippen molar-refractivity contribution < 1.29 is 14.3 Å². The van der Waals surface area contributed by atoms with E-state index in [1.54, 1.807) is 10.9 Å². The van der Waals surface area contributed by atoms with Gasteiger partial charge in [0, 0.05) is 19.2 Å². The van der Waals surface area contributed by atoms with Crippen LogP contribution in [-0.4, -0.2) is 28.9 Å². The van der Waals surface area contributed by atoms with Gasteiger partial charge in [0.25, 0.3) is 0 Å². The van der Waals surface area contributed by atoms with E-state index in [1.807, 2.05) is 31.3 Å². The van der Waals surface area contributed by atoms with Crippen molar-refractivity contribution in [2.45, 2.75) is 18.9 Å². The van der Waals surface area contributed by atoms with Crippen LogP contribution in [0, 0.1) is 5.92 Å². The molecule has 2 aliphatic rings. The minimum atomic E-state index is 0.0470. The average Bonchev–Trinajstić information content (AvgIpc) is 3.28. The highest BCUT2D eigenvalue weighted by Crippen LogP contribution is 2.49. The normalized spacial score (nSPS) is 21.8. The number of nitrogens with one attached hydrogen (secondary N) is 1. The number of amides is 1. The molecule has 1 N–H and O–H groups in total. The minimum absolute atomic E-state index is 0.0470. The third kappa shape index (κ3) is 2.76. The maximum atomic E-state index is 12.3. The zero-order chi connectivity index (χ0) is 15.8. The van der Waals surface area contributed by atoms with Gasteiger partial charge in [0.2, 0.25) is 5.91 Å². The lowest BCUT2D eigenvalue weighted by Crippen LogP contribution is -2.26. The summed E-state index contributed by atoms with van der Waals surface area (Å²) in [4.78, 5) is 12.3. The third-order valence-corrected chi connectivity index (χ3v) is 4.49. The number of aryl methyl sites for hydroxylation is 1. The van der Waals surface area contributed by atoms with E-state index in [4.69, 9.17) is 9.47 Å². The van der Waals surface area contributed by atoms with Crippen LogP contribution in [0.15, 0.2) is 30.5 Å². The largest absolute Gasteiger partial charge is 0.486 e. The summed E-state index contributed by atoms with van der Waals surface area (Å²) in [5, 5.41) is 7.09. The number of nitrogens with zero attached hydrogens (tertiary/aromatic N) is 2. The molecule has 0 bridgehead atoms. The van der Waals surface area contributed by atoms with Gasteiger partial charge in [0.05, 0.1) is 12.2 Å². The van der Waals surface area contributed by atoms with Crippen LogP contribution in [0.4, 0.5) is 0 Å². The van der Waals surface area contributed by atoms with Gasteiger partial charge in [-0.3, -0.25) is 9.48 Å². The van der Waals surface area contributed by atoms with E-state index in [0.717, 1.165) is 29.2 Å². The summed E-state index contributed by atoms with van der Waals surface area (Å²) in [6, 6.07) is 7.89. The Morgan fingerprint density at radius 1 is 1.30 bits per heavy atom. The second kappa shape index (κ2) is 5.61. The molecule has 1 aliphatic heterocycles. The van der Waals surface area contributed by atoms with E-state index in [0.29, 0.717) is 19.8 Å². The van der Waals surface area contributed by atoms with E-state index in [2.05, 4.69) is 10.4 Å². The molecule has 0 saturated heterocycles. The Morgan fingerprint density at radius 2 is 2.13 bits per heavy atom. The fraction of sp³-hybridized carbons (Fsp3) is 0.412. The molecule has 2 aromatic rings. The number of fused-ring (bicyclic) bond motifs is 1. The molecule has 6 nitrogen and oxygen atoms in total.